The molecule has 1 amide bonds. The Bertz CT molecular complexity index is 320. The minimum absolute atomic E-state index is 0.167. The third-order valence-corrected chi connectivity index (χ3v) is 4.14. The molecule has 0 aromatic carbocycles. The van der Waals surface area contributed by atoms with Crippen LogP contribution in [0.15, 0.2) is 0 Å². The lowest BCUT2D eigenvalue weighted by molar-refractivity contribution is -0.216. The Balaban J connectivity index is 1.96. The highest BCUT2D eigenvalue weighted by atomic mass is 19.4. The fourth-order valence-corrected chi connectivity index (χ4v) is 2.51. The van der Waals surface area contributed by atoms with E-state index in [4.69, 9.17) is 0 Å². The molecule has 3 nitrogen and oxygen atoms in total. The van der Waals surface area contributed by atoms with E-state index in [2.05, 4.69) is 10.6 Å². The number of hydrogen-bond donors (Lipinski definition) is 2. The topological polar surface area (TPSA) is 41.1 Å². The molecule has 0 bridgehead atoms. The van der Waals surface area contributed by atoms with E-state index in [-0.39, 0.29) is 25.4 Å². The maximum atomic E-state index is 13.1. The highest BCUT2D eigenvalue weighted by Gasteiger charge is 2.61. The quantitative estimate of drug-likeness (QED) is 0.811. The van der Waals surface area contributed by atoms with E-state index < -0.39 is 17.5 Å². The van der Waals surface area contributed by atoms with Gasteiger partial charge in [0.25, 0.3) is 0 Å². The number of amides is 1. The van der Waals surface area contributed by atoms with Crippen LogP contribution in [-0.2, 0) is 4.79 Å². The number of alkyl halides is 3. The zero-order valence-corrected chi connectivity index (χ0v) is 10.4. The minimum Gasteiger partial charge on any atom is -0.355 e. The van der Waals surface area contributed by atoms with Crippen LogP contribution in [-0.4, -0.2) is 31.7 Å². The molecule has 104 valence electrons. The monoisotopic (exact) mass is 264 g/mol. The maximum absolute atomic E-state index is 13.1. The van der Waals surface area contributed by atoms with E-state index >= 15 is 0 Å². The van der Waals surface area contributed by atoms with Gasteiger partial charge in [-0.25, -0.2) is 0 Å². The minimum atomic E-state index is -4.48. The van der Waals surface area contributed by atoms with Crippen molar-refractivity contribution >= 4 is 5.91 Å². The fourth-order valence-electron chi connectivity index (χ4n) is 2.51. The summed E-state index contributed by atoms with van der Waals surface area (Å²) in [6, 6.07) is 0. The van der Waals surface area contributed by atoms with Gasteiger partial charge in [-0.1, -0.05) is 6.92 Å². The molecule has 0 aromatic rings. The van der Waals surface area contributed by atoms with Crippen molar-refractivity contribution < 1.29 is 18.0 Å². The maximum Gasteiger partial charge on any atom is 0.404 e. The average Bonchev–Trinajstić information content (AvgIpc) is 3.01. The van der Waals surface area contributed by atoms with Crippen molar-refractivity contribution in [3.63, 3.8) is 0 Å². The van der Waals surface area contributed by atoms with Crippen LogP contribution in [0.3, 0.4) is 0 Å². The van der Waals surface area contributed by atoms with Crippen molar-refractivity contribution in [1.29, 1.82) is 0 Å². The van der Waals surface area contributed by atoms with E-state index in [0.29, 0.717) is 12.5 Å². The van der Waals surface area contributed by atoms with E-state index in [1.807, 2.05) is 6.92 Å². The summed E-state index contributed by atoms with van der Waals surface area (Å²) in [7, 11) is 0. The van der Waals surface area contributed by atoms with Gasteiger partial charge in [0, 0.05) is 13.1 Å². The smallest absolute Gasteiger partial charge is 0.355 e. The fraction of sp³-hybridized carbons (Fsp3) is 0.917. The highest BCUT2D eigenvalue weighted by molar-refractivity contribution is 5.84. The van der Waals surface area contributed by atoms with Crippen LogP contribution in [0.2, 0.25) is 0 Å². The standard InChI is InChI=1S/C12H19F3N2O/c1-8(9-2-3-9)6-17-10(18)11(12(13,14)15)4-5-16-7-11/h8-9,16H,2-7H2,1H3,(H,17,18). The van der Waals surface area contributed by atoms with E-state index in [1.54, 1.807) is 0 Å². The van der Waals surface area contributed by atoms with Crippen molar-refractivity contribution in [2.24, 2.45) is 17.3 Å². The van der Waals surface area contributed by atoms with Crippen LogP contribution in [0.4, 0.5) is 13.2 Å². The van der Waals surface area contributed by atoms with Crippen LogP contribution >= 0.6 is 0 Å². The molecule has 1 saturated heterocycles. The predicted molar refractivity (Wildman–Crippen MR) is 60.9 cm³/mol. The Kier molecular flexibility index (Phi) is 3.58. The molecule has 1 aliphatic heterocycles. The molecule has 18 heavy (non-hydrogen) atoms. The van der Waals surface area contributed by atoms with Gasteiger partial charge in [0.1, 0.15) is 0 Å². The van der Waals surface area contributed by atoms with E-state index in [1.165, 1.54) is 0 Å². The first-order valence-corrected chi connectivity index (χ1v) is 6.42. The molecule has 0 aromatic heterocycles. The molecule has 0 radical (unpaired) electrons. The lowest BCUT2D eigenvalue weighted by atomic mass is 9.85. The Morgan fingerprint density at radius 3 is 2.61 bits per heavy atom. The van der Waals surface area contributed by atoms with Gasteiger partial charge >= 0.3 is 6.18 Å². The van der Waals surface area contributed by atoms with E-state index in [0.717, 1.165) is 12.8 Å². The molecule has 2 fully saturated rings. The van der Waals surface area contributed by atoms with E-state index in [9.17, 15) is 18.0 Å². The zero-order valence-electron chi connectivity index (χ0n) is 10.4. The zero-order chi connectivity index (χ0) is 13.4. The predicted octanol–water partition coefficient (Wildman–Crippen LogP) is 1.69. The van der Waals surface area contributed by atoms with Gasteiger partial charge < -0.3 is 10.6 Å². The summed E-state index contributed by atoms with van der Waals surface area (Å²) < 4.78 is 39.2. The summed E-state index contributed by atoms with van der Waals surface area (Å²) in [6.45, 7) is 2.26. The molecule has 2 aliphatic rings. The molecule has 0 spiro atoms. The highest BCUT2D eigenvalue weighted by Crippen LogP contribution is 2.43. The van der Waals surface area contributed by atoms with Gasteiger partial charge in [0.15, 0.2) is 5.41 Å². The van der Waals surface area contributed by atoms with Gasteiger partial charge in [-0.2, -0.15) is 13.2 Å². The normalized spacial score (nSPS) is 30.2. The SMILES string of the molecule is CC(CNC(=O)C1(C(F)(F)F)CCNC1)C1CC1. The molecule has 2 atom stereocenters. The first-order valence-electron chi connectivity index (χ1n) is 6.42. The number of nitrogens with one attached hydrogen (secondary N) is 2. The number of halogens is 3. The van der Waals surface area contributed by atoms with Crippen molar-refractivity contribution in [3.8, 4) is 0 Å². The summed E-state index contributed by atoms with van der Waals surface area (Å²) >= 11 is 0. The second-order valence-electron chi connectivity index (χ2n) is 5.53. The van der Waals surface area contributed by atoms with Gasteiger partial charge in [-0.15, -0.1) is 0 Å². The Morgan fingerprint density at radius 2 is 2.17 bits per heavy atom. The van der Waals surface area contributed by atoms with Gasteiger partial charge in [0.05, 0.1) is 0 Å². The van der Waals surface area contributed by atoms with Crippen molar-refractivity contribution in [2.45, 2.75) is 32.4 Å². The van der Waals surface area contributed by atoms with Gasteiger partial charge in [-0.05, 0) is 37.6 Å². The third kappa shape index (κ3) is 2.48. The molecule has 1 saturated carbocycles. The number of carbonyl (C=O) groups is 1. The van der Waals surface area contributed by atoms with Gasteiger partial charge in [0.2, 0.25) is 5.91 Å². The molecule has 6 heteroatoms. The molecule has 1 heterocycles. The summed E-state index contributed by atoms with van der Waals surface area (Å²) in [5, 5.41) is 5.14. The number of rotatable bonds is 4. The van der Waals surface area contributed by atoms with Crippen LogP contribution in [0.1, 0.15) is 26.2 Å². The summed E-state index contributed by atoms with van der Waals surface area (Å²) in [5.41, 5.74) is -2.23. The number of hydrogen-bond acceptors (Lipinski definition) is 2. The molecule has 2 unspecified atom stereocenters. The molecule has 2 N–H and O–H groups in total. The second kappa shape index (κ2) is 4.72. The summed E-state index contributed by atoms with van der Waals surface area (Å²) in [5.74, 6) is -0.0186. The Hall–Kier alpha value is -0.780. The van der Waals surface area contributed by atoms with Crippen molar-refractivity contribution in [3.05, 3.63) is 0 Å². The largest absolute Gasteiger partial charge is 0.404 e. The first-order chi connectivity index (χ1) is 8.37. The Morgan fingerprint density at radius 1 is 1.50 bits per heavy atom. The molecule has 1 aliphatic carbocycles. The molecule has 2 rings (SSSR count). The Labute approximate surface area is 104 Å². The second-order valence-corrected chi connectivity index (χ2v) is 5.53. The lowest BCUT2D eigenvalue weighted by Gasteiger charge is -2.29. The van der Waals surface area contributed by atoms with Crippen LogP contribution < -0.4 is 10.6 Å². The van der Waals surface area contributed by atoms with Crippen LogP contribution in [0.5, 0.6) is 0 Å². The number of carbonyl (C=O) groups excluding carboxylic acids is 1. The molecular formula is C12H19F3N2O. The summed E-state index contributed by atoms with van der Waals surface area (Å²) in [4.78, 5) is 11.9. The van der Waals surface area contributed by atoms with Crippen molar-refractivity contribution in [2.75, 3.05) is 19.6 Å². The summed E-state index contributed by atoms with van der Waals surface area (Å²) in [6.07, 6.45) is -2.39. The average molecular weight is 264 g/mol. The van der Waals surface area contributed by atoms with Gasteiger partial charge in [-0.3, -0.25) is 4.79 Å². The first kappa shape index (κ1) is 13.6. The van der Waals surface area contributed by atoms with Crippen LogP contribution in [0.25, 0.3) is 0 Å². The lowest BCUT2D eigenvalue weighted by Crippen LogP contribution is -2.52. The molecular weight excluding hydrogens is 245 g/mol. The van der Waals surface area contributed by atoms with Crippen LogP contribution in [0, 0.1) is 17.3 Å². The third-order valence-electron chi connectivity index (χ3n) is 4.14. The van der Waals surface area contributed by atoms with Crippen molar-refractivity contribution in [1.82, 2.24) is 10.6 Å².